The maximum Gasteiger partial charge on any atom is 0.165 e. The van der Waals surface area contributed by atoms with Crippen molar-refractivity contribution in [3.05, 3.63) is 40.9 Å². The summed E-state index contributed by atoms with van der Waals surface area (Å²) >= 11 is 6.29. The Morgan fingerprint density at radius 1 is 0.905 bits per heavy atom. The zero-order valence-electron chi connectivity index (χ0n) is 26.8. The Morgan fingerprint density at radius 2 is 1.52 bits per heavy atom. The molecule has 230 valence electrons. The molecule has 7 nitrogen and oxygen atoms in total. The molecule has 10 heteroatoms. The molecule has 1 unspecified atom stereocenters. The first-order valence-electron chi connectivity index (χ1n) is 15.8. The molecule has 0 aromatic carbocycles. The van der Waals surface area contributed by atoms with E-state index in [1.54, 1.807) is 0 Å². The van der Waals surface area contributed by atoms with Gasteiger partial charge in [-0.3, -0.25) is 0 Å². The molecule has 0 amide bonds. The Kier molecular flexibility index (Phi) is 9.84. The molecule has 2 fully saturated rings. The zero-order chi connectivity index (χ0) is 30.1. The number of hydrogen-bond acceptors (Lipinski definition) is 6. The van der Waals surface area contributed by atoms with Crippen LogP contribution in [0, 0.1) is 18.8 Å². The van der Waals surface area contributed by atoms with Gasteiger partial charge in [0.2, 0.25) is 0 Å². The first kappa shape index (κ1) is 31.6. The van der Waals surface area contributed by atoms with Gasteiger partial charge < -0.3 is 14.4 Å². The summed E-state index contributed by atoms with van der Waals surface area (Å²) < 4.78 is 14.6. The van der Waals surface area contributed by atoms with Gasteiger partial charge in [0.15, 0.2) is 5.65 Å². The SMILES string of the molecule is Cc1cc(-c2cnn3c(N(COCC[Si](C)(C)C)COCC[Si](C)(C)C)cc(C4C[C@H]5CC[C@@H](C4)C5)nc23)cnc1Cl. The van der Waals surface area contributed by atoms with Crippen molar-refractivity contribution in [3.8, 4) is 11.1 Å². The van der Waals surface area contributed by atoms with Crippen LogP contribution in [0.2, 0.25) is 56.5 Å². The van der Waals surface area contributed by atoms with E-state index in [1.807, 2.05) is 23.8 Å². The van der Waals surface area contributed by atoms with Gasteiger partial charge in [-0.25, -0.2) is 9.97 Å². The van der Waals surface area contributed by atoms with Gasteiger partial charge in [0.1, 0.15) is 24.4 Å². The molecule has 3 heterocycles. The highest BCUT2D eigenvalue weighted by molar-refractivity contribution is 6.76. The summed E-state index contributed by atoms with van der Waals surface area (Å²) in [5.74, 6) is 3.11. The fraction of sp³-hybridized carbons (Fsp3) is 0.656. The molecule has 42 heavy (non-hydrogen) atoms. The Bertz CT molecular complexity index is 1340. The largest absolute Gasteiger partial charge is 0.361 e. The third-order valence-corrected chi connectivity index (χ3v) is 12.7. The lowest BCUT2D eigenvalue weighted by Crippen LogP contribution is -2.33. The van der Waals surface area contributed by atoms with Gasteiger partial charge in [-0.05, 0) is 61.7 Å². The predicted octanol–water partition coefficient (Wildman–Crippen LogP) is 8.48. The molecular formula is C32H50ClN5O2Si2. The second kappa shape index (κ2) is 13.1. The lowest BCUT2D eigenvalue weighted by molar-refractivity contribution is 0.0942. The molecule has 0 saturated heterocycles. The summed E-state index contributed by atoms with van der Waals surface area (Å²) in [4.78, 5) is 12.0. The molecule has 3 aromatic rings. The van der Waals surface area contributed by atoms with Gasteiger partial charge >= 0.3 is 0 Å². The number of nitrogens with zero attached hydrogens (tertiary/aromatic N) is 5. The first-order valence-corrected chi connectivity index (χ1v) is 23.6. The highest BCUT2D eigenvalue weighted by Crippen LogP contribution is 2.48. The predicted molar refractivity (Wildman–Crippen MR) is 179 cm³/mol. The van der Waals surface area contributed by atoms with E-state index in [0.717, 1.165) is 65.3 Å². The summed E-state index contributed by atoms with van der Waals surface area (Å²) in [7, 11) is -2.40. The highest BCUT2D eigenvalue weighted by atomic mass is 35.5. The van der Waals surface area contributed by atoms with Crippen LogP contribution >= 0.6 is 11.6 Å². The van der Waals surface area contributed by atoms with Crippen LogP contribution in [-0.2, 0) is 9.47 Å². The smallest absolute Gasteiger partial charge is 0.165 e. The number of fused-ring (bicyclic) bond motifs is 3. The second-order valence-electron chi connectivity index (χ2n) is 15.1. The number of anilines is 1. The van der Waals surface area contributed by atoms with Gasteiger partial charge in [-0.2, -0.15) is 9.61 Å². The molecular weight excluding hydrogens is 578 g/mol. The molecule has 3 atom stereocenters. The van der Waals surface area contributed by atoms with E-state index in [2.05, 4.69) is 61.3 Å². The molecule has 2 aliphatic rings. The number of hydrogen-bond donors (Lipinski definition) is 0. The van der Waals surface area contributed by atoms with Crippen molar-refractivity contribution in [1.82, 2.24) is 19.6 Å². The van der Waals surface area contributed by atoms with E-state index < -0.39 is 16.1 Å². The summed E-state index contributed by atoms with van der Waals surface area (Å²) in [6, 6.07) is 6.62. The van der Waals surface area contributed by atoms with E-state index >= 15 is 0 Å². The fourth-order valence-electron chi connectivity index (χ4n) is 6.33. The number of halogens is 1. The van der Waals surface area contributed by atoms with Crippen molar-refractivity contribution >= 4 is 39.2 Å². The van der Waals surface area contributed by atoms with Gasteiger partial charge in [0.25, 0.3) is 0 Å². The molecule has 5 rings (SSSR count). The maximum absolute atomic E-state index is 6.33. The average Bonchev–Trinajstić information content (AvgIpc) is 3.49. The normalized spacial score (nSPS) is 20.9. The van der Waals surface area contributed by atoms with E-state index in [0.29, 0.717) is 24.5 Å². The minimum absolute atomic E-state index is 0.461. The Hall–Kier alpha value is -1.79. The second-order valence-corrected chi connectivity index (χ2v) is 26.7. The standard InChI is InChI=1S/C32H50ClN5O2Si2/c1-23-14-27(19-34-31(23)33)28-20-35-38-30(18-29(36-32(28)38)26-16-24-8-9-25(15-24)17-26)37(21-39-10-12-41(2,3)4)22-40-11-13-42(5,6)7/h14,18-20,24-26H,8-13,15-17,21-22H2,1-7H3/t24-,25+,26?. The van der Waals surface area contributed by atoms with Crippen LogP contribution in [0.15, 0.2) is 24.5 Å². The van der Waals surface area contributed by atoms with Gasteiger partial charge in [0, 0.05) is 64.4 Å². The van der Waals surface area contributed by atoms with Crippen LogP contribution < -0.4 is 4.90 Å². The van der Waals surface area contributed by atoms with Crippen molar-refractivity contribution in [2.75, 3.05) is 31.6 Å². The third-order valence-electron chi connectivity index (χ3n) is 8.91. The van der Waals surface area contributed by atoms with Gasteiger partial charge in [0.05, 0.1) is 6.20 Å². The molecule has 2 saturated carbocycles. The summed E-state index contributed by atoms with van der Waals surface area (Å²) in [5, 5.41) is 5.41. The lowest BCUT2D eigenvalue weighted by Gasteiger charge is -2.30. The van der Waals surface area contributed by atoms with E-state index in [-0.39, 0.29) is 0 Å². The summed E-state index contributed by atoms with van der Waals surface area (Å²) in [5.41, 5.74) is 4.93. The number of aryl methyl sites for hydroxylation is 1. The van der Waals surface area contributed by atoms with Crippen LogP contribution in [0.25, 0.3) is 16.8 Å². The van der Waals surface area contributed by atoms with Crippen LogP contribution in [0.5, 0.6) is 0 Å². The van der Waals surface area contributed by atoms with Crippen molar-refractivity contribution in [3.63, 3.8) is 0 Å². The Balaban J connectivity index is 1.52. The van der Waals surface area contributed by atoms with E-state index in [9.17, 15) is 0 Å². The maximum atomic E-state index is 6.33. The molecule has 2 aliphatic carbocycles. The molecule has 0 spiro atoms. The molecule has 0 aliphatic heterocycles. The van der Waals surface area contributed by atoms with E-state index in [1.165, 1.54) is 37.8 Å². The van der Waals surface area contributed by atoms with Gasteiger partial charge in [-0.1, -0.05) is 63.7 Å². The fourth-order valence-corrected chi connectivity index (χ4v) is 7.95. The Labute approximate surface area is 259 Å². The summed E-state index contributed by atoms with van der Waals surface area (Å²) in [6.45, 7) is 18.8. The van der Waals surface area contributed by atoms with E-state index in [4.69, 9.17) is 31.2 Å². The number of aromatic nitrogens is 4. The van der Waals surface area contributed by atoms with Gasteiger partial charge in [-0.15, -0.1) is 0 Å². The van der Waals surface area contributed by atoms with Crippen LogP contribution in [-0.4, -0.2) is 62.4 Å². The van der Waals surface area contributed by atoms with Crippen LogP contribution in [0.4, 0.5) is 5.82 Å². The average molecular weight is 628 g/mol. The highest BCUT2D eigenvalue weighted by Gasteiger charge is 2.36. The van der Waals surface area contributed by atoms with Crippen molar-refractivity contribution in [2.24, 2.45) is 11.8 Å². The van der Waals surface area contributed by atoms with Crippen molar-refractivity contribution in [2.45, 2.75) is 96.3 Å². The topological polar surface area (TPSA) is 64.8 Å². The number of pyridine rings is 1. The van der Waals surface area contributed by atoms with Crippen molar-refractivity contribution < 1.29 is 9.47 Å². The molecule has 0 radical (unpaired) electrons. The van der Waals surface area contributed by atoms with Crippen molar-refractivity contribution in [1.29, 1.82) is 0 Å². The monoisotopic (exact) mass is 627 g/mol. The third kappa shape index (κ3) is 8.02. The minimum atomic E-state index is -1.20. The Morgan fingerprint density at radius 3 is 2.10 bits per heavy atom. The minimum Gasteiger partial charge on any atom is -0.361 e. The molecule has 2 bridgehead atoms. The van der Waals surface area contributed by atoms with Crippen LogP contribution in [0.3, 0.4) is 0 Å². The number of rotatable bonds is 13. The van der Waals surface area contributed by atoms with Crippen LogP contribution in [0.1, 0.15) is 49.3 Å². The zero-order valence-corrected chi connectivity index (χ0v) is 29.5. The lowest BCUT2D eigenvalue weighted by atomic mass is 9.79. The number of ether oxygens (including phenoxy) is 2. The first-order chi connectivity index (χ1) is 19.9. The molecule has 3 aromatic heterocycles. The molecule has 0 N–H and O–H groups in total. The summed E-state index contributed by atoms with van der Waals surface area (Å²) in [6.07, 6.45) is 10.3. The quantitative estimate of drug-likeness (QED) is 0.0819.